The molecule has 0 spiro atoms. The monoisotopic (exact) mass is 208 g/mol. The van der Waals surface area contributed by atoms with E-state index in [4.69, 9.17) is 5.84 Å². The van der Waals surface area contributed by atoms with Crippen molar-refractivity contribution in [1.82, 2.24) is 0 Å². The van der Waals surface area contributed by atoms with Crippen LogP contribution in [0, 0.1) is 0 Å². The maximum absolute atomic E-state index is 5.75. The summed E-state index contributed by atoms with van der Waals surface area (Å²) in [5.74, 6) is 5.75. The predicted octanol–water partition coefficient (Wildman–Crippen LogP) is 3.37. The number of anilines is 1. The molecule has 0 aromatic heterocycles. The van der Waals surface area contributed by atoms with Gasteiger partial charge in [-0.05, 0) is 31.0 Å². The molecule has 1 aromatic carbocycles. The average Bonchev–Trinajstić information content (AvgIpc) is 2.32. The first-order valence-electron chi connectivity index (χ1n) is 5.89. The van der Waals surface area contributed by atoms with Crippen molar-refractivity contribution >= 4 is 5.69 Å². The van der Waals surface area contributed by atoms with Crippen LogP contribution in [-0.4, -0.2) is 6.54 Å². The number of benzene rings is 1. The highest BCUT2D eigenvalue weighted by atomic mass is 15.4. The van der Waals surface area contributed by atoms with Gasteiger partial charge in [-0.2, -0.15) is 0 Å². The molecule has 2 N–H and O–H groups in total. The van der Waals surface area contributed by atoms with E-state index in [0.29, 0.717) is 0 Å². The molecule has 0 fully saturated rings. The second-order valence-corrected chi connectivity index (χ2v) is 3.20. The number of hydrazine groups is 1. The van der Waals surface area contributed by atoms with Gasteiger partial charge >= 0.3 is 0 Å². The third-order valence-corrected chi connectivity index (χ3v) is 2.15. The largest absolute Gasteiger partial charge is 0.311 e. The molecule has 0 atom stereocenters. The summed E-state index contributed by atoms with van der Waals surface area (Å²) >= 11 is 0. The van der Waals surface area contributed by atoms with Gasteiger partial charge in [-0.1, -0.05) is 39.3 Å². The zero-order chi connectivity index (χ0) is 11.7. The Morgan fingerprint density at radius 1 is 1.07 bits per heavy atom. The molecule has 0 bridgehead atoms. The number of aryl methyl sites for hydroxylation is 1. The van der Waals surface area contributed by atoms with Crippen molar-refractivity contribution in [2.45, 2.75) is 40.5 Å². The molecule has 0 aliphatic carbocycles. The molecule has 86 valence electrons. The van der Waals surface area contributed by atoms with Crippen molar-refractivity contribution in [3.63, 3.8) is 0 Å². The van der Waals surface area contributed by atoms with Gasteiger partial charge in [-0.3, -0.25) is 0 Å². The van der Waals surface area contributed by atoms with Crippen LogP contribution in [0.2, 0.25) is 0 Å². The molecule has 0 saturated heterocycles. The lowest BCUT2D eigenvalue weighted by atomic mass is 10.1. The molecular formula is C13H24N2. The van der Waals surface area contributed by atoms with Gasteiger partial charge in [-0.15, -0.1) is 0 Å². The van der Waals surface area contributed by atoms with Crippen LogP contribution in [0.25, 0.3) is 0 Å². The summed E-state index contributed by atoms with van der Waals surface area (Å²) in [4.78, 5) is 0. The van der Waals surface area contributed by atoms with E-state index in [2.05, 4.69) is 31.2 Å². The topological polar surface area (TPSA) is 29.3 Å². The fourth-order valence-corrected chi connectivity index (χ4v) is 1.33. The van der Waals surface area contributed by atoms with E-state index in [1.165, 1.54) is 12.0 Å². The lowest BCUT2D eigenvalue weighted by Gasteiger charge is -2.16. The van der Waals surface area contributed by atoms with Crippen molar-refractivity contribution in [2.75, 3.05) is 11.6 Å². The Kier molecular flexibility index (Phi) is 7.74. The maximum Gasteiger partial charge on any atom is 0.0517 e. The first kappa shape index (κ1) is 14.0. The molecule has 2 nitrogen and oxygen atoms in total. The summed E-state index contributed by atoms with van der Waals surface area (Å²) < 4.78 is 0. The summed E-state index contributed by atoms with van der Waals surface area (Å²) in [5, 5.41) is 1.75. The smallest absolute Gasteiger partial charge is 0.0517 e. The van der Waals surface area contributed by atoms with E-state index in [1.807, 2.05) is 20.8 Å². The third-order valence-electron chi connectivity index (χ3n) is 2.15. The Morgan fingerprint density at radius 3 is 2.00 bits per heavy atom. The standard InChI is InChI=1S/C11H18N2.C2H6/c1-3-5-10-6-8-11(9-7-10)13(12)4-2;1-2/h6-9H,3-5,12H2,1-2H3;1-2H3. The zero-order valence-electron chi connectivity index (χ0n) is 10.5. The van der Waals surface area contributed by atoms with Gasteiger partial charge in [0, 0.05) is 6.54 Å². The Labute approximate surface area is 94.1 Å². The predicted molar refractivity (Wildman–Crippen MR) is 69.0 cm³/mol. The Hall–Kier alpha value is -1.02. The summed E-state index contributed by atoms with van der Waals surface area (Å²) in [7, 11) is 0. The minimum Gasteiger partial charge on any atom is -0.311 e. The summed E-state index contributed by atoms with van der Waals surface area (Å²) in [6, 6.07) is 8.45. The molecule has 0 unspecified atom stereocenters. The quantitative estimate of drug-likeness (QED) is 0.607. The number of rotatable bonds is 4. The van der Waals surface area contributed by atoms with Gasteiger partial charge in [0.1, 0.15) is 0 Å². The Bertz CT molecular complexity index is 241. The zero-order valence-corrected chi connectivity index (χ0v) is 10.5. The molecular weight excluding hydrogens is 184 g/mol. The van der Waals surface area contributed by atoms with Crippen LogP contribution in [-0.2, 0) is 6.42 Å². The first-order valence-corrected chi connectivity index (χ1v) is 5.89. The van der Waals surface area contributed by atoms with E-state index >= 15 is 0 Å². The molecule has 1 rings (SSSR count). The molecule has 0 aliphatic heterocycles. The molecule has 0 radical (unpaired) electrons. The van der Waals surface area contributed by atoms with Crippen LogP contribution in [0.3, 0.4) is 0 Å². The van der Waals surface area contributed by atoms with Crippen molar-refractivity contribution < 1.29 is 0 Å². The van der Waals surface area contributed by atoms with Gasteiger partial charge in [0.15, 0.2) is 0 Å². The molecule has 0 saturated carbocycles. The number of nitrogens with two attached hydrogens (primary N) is 1. The number of hydrogen-bond donors (Lipinski definition) is 1. The van der Waals surface area contributed by atoms with Crippen LogP contribution in [0.1, 0.15) is 39.7 Å². The minimum atomic E-state index is 0.840. The highest BCUT2D eigenvalue weighted by molar-refractivity contribution is 5.45. The lowest BCUT2D eigenvalue weighted by molar-refractivity contribution is 0.886. The summed E-state index contributed by atoms with van der Waals surface area (Å²) in [5.41, 5.74) is 2.47. The lowest BCUT2D eigenvalue weighted by Crippen LogP contribution is -2.30. The van der Waals surface area contributed by atoms with Crippen LogP contribution in [0.4, 0.5) is 5.69 Å². The normalized spacial score (nSPS) is 9.13. The number of hydrogen-bond acceptors (Lipinski definition) is 2. The van der Waals surface area contributed by atoms with Crippen LogP contribution < -0.4 is 10.9 Å². The van der Waals surface area contributed by atoms with Crippen molar-refractivity contribution in [3.8, 4) is 0 Å². The molecule has 2 heteroatoms. The van der Waals surface area contributed by atoms with Crippen LogP contribution in [0.15, 0.2) is 24.3 Å². The van der Waals surface area contributed by atoms with Gasteiger partial charge in [-0.25, -0.2) is 5.84 Å². The van der Waals surface area contributed by atoms with Crippen molar-refractivity contribution in [1.29, 1.82) is 0 Å². The van der Waals surface area contributed by atoms with Crippen LogP contribution in [0.5, 0.6) is 0 Å². The SMILES string of the molecule is CC.CCCc1ccc(N(N)CC)cc1. The molecule has 15 heavy (non-hydrogen) atoms. The molecule has 0 aliphatic rings. The minimum absolute atomic E-state index is 0.840. The average molecular weight is 208 g/mol. The van der Waals surface area contributed by atoms with E-state index in [9.17, 15) is 0 Å². The van der Waals surface area contributed by atoms with E-state index in [-0.39, 0.29) is 0 Å². The van der Waals surface area contributed by atoms with E-state index in [0.717, 1.165) is 18.7 Å². The summed E-state index contributed by atoms with van der Waals surface area (Å²) in [6.07, 6.45) is 2.34. The van der Waals surface area contributed by atoms with E-state index < -0.39 is 0 Å². The Balaban J connectivity index is 0.000000921. The van der Waals surface area contributed by atoms with E-state index in [1.54, 1.807) is 5.01 Å². The highest BCUT2D eigenvalue weighted by Gasteiger charge is 1.97. The van der Waals surface area contributed by atoms with Gasteiger partial charge < -0.3 is 5.01 Å². The fraction of sp³-hybridized carbons (Fsp3) is 0.538. The van der Waals surface area contributed by atoms with Crippen LogP contribution >= 0.6 is 0 Å². The number of nitrogens with zero attached hydrogens (tertiary/aromatic N) is 1. The van der Waals surface area contributed by atoms with Crippen molar-refractivity contribution in [2.24, 2.45) is 5.84 Å². The highest BCUT2D eigenvalue weighted by Crippen LogP contribution is 2.13. The van der Waals surface area contributed by atoms with Gasteiger partial charge in [0.05, 0.1) is 5.69 Å². The fourth-order valence-electron chi connectivity index (χ4n) is 1.33. The maximum atomic E-state index is 5.75. The van der Waals surface area contributed by atoms with Gasteiger partial charge in [0.2, 0.25) is 0 Å². The Morgan fingerprint density at radius 2 is 1.60 bits per heavy atom. The molecule has 0 amide bonds. The second-order valence-electron chi connectivity index (χ2n) is 3.20. The summed E-state index contributed by atoms with van der Waals surface area (Å²) in [6.45, 7) is 9.07. The third kappa shape index (κ3) is 4.84. The molecule has 1 aromatic rings. The van der Waals surface area contributed by atoms with Crippen molar-refractivity contribution in [3.05, 3.63) is 29.8 Å². The second kappa shape index (κ2) is 8.30. The van der Waals surface area contributed by atoms with Gasteiger partial charge in [0.25, 0.3) is 0 Å². The molecule has 0 heterocycles. The first-order chi connectivity index (χ1) is 7.27.